The van der Waals surface area contributed by atoms with Gasteiger partial charge in [-0.25, -0.2) is 4.98 Å². The van der Waals surface area contributed by atoms with Crippen LogP contribution in [0.5, 0.6) is 0 Å². The van der Waals surface area contributed by atoms with Crippen LogP contribution in [0.25, 0.3) is 0 Å². The standard InChI is InChI=1S/C14H22F3N5O.HI/c1-3-18-12(21-10-4-5-10)20-7-6-13(23,14(15,16)17)11-19-8-9-22(11)2;/h8-10,23H,3-7H2,1-2H3,(H2,18,20,21);1H. The predicted molar refractivity (Wildman–Crippen MR) is 95.3 cm³/mol. The molecule has 24 heavy (non-hydrogen) atoms. The Morgan fingerprint density at radius 3 is 2.58 bits per heavy atom. The van der Waals surface area contributed by atoms with E-state index in [1.807, 2.05) is 6.92 Å². The Labute approximate surface area is 156 Å². The van der Waals surface area contributed by atoms with Crippen molar-refractivity contribution in [2.45, 2.75) is 44.0 Å². The van der Waals surface area contributed by atoms with Gasteiger partial charge in [-0.05, 0) is 19.8 Å². The van der Waals surface area contributed by atoms with Gasteiger partial charge >= 0.3 is 6.18 Å². The number of aliphatic imine (C=N–C) groups is 1. The molecule has 1 fully saturated rings. The van der Waals surface area contributed by atoms with Crippen molar-refractivity contribution in [1.82, 2.24) is 20.2 Å². The van der Waals surface area contributed by atoms with Crippen molar-refractivity contribution < 1.29 is 18.3 Å². The molecule has 1 aliphatic carbocycles. The lowest BCUT2D eigenvalue weighted by Crippen LogP contribution is -2.45. The van der Waals surface area contributed by atoms with Gasteiger partial charge in [-0.3, -0.25) is 4.99 Å². The van der Waals surface area contributed by atoms with Crippen LogP contribution < -0.4 is 10.6 Å². The minimum absolute atomic E-state index is 0. The van der Waals surface area contributed by atoms with E-state index < -0.39 is 24.0 Å². The average molecular weight is 461 g/mol. The molecule has 0 aliphatic heterocycles. The molecule has 1 unspecified atom stereocenters. The fourth-order valence-electron chi connectivity index (χ4n) is 2.21. The van der Waals surface area contributed by atoms with E-state index in [2.05, 4.69) is 20.6 Å². The van der Waals surface area contributed by atoms with Gasteiger partial charge in [0.05, 0.1) is 0 Å². The van der Waals surface area contributed by atoms with E-state index >= 15 is 0 Å². The first-order valence-corrected chi connectivity index (χ1v) is 7.59. The molecule has 1 aliphatic rings. The second kappa shape index (κ2) is 8.37. The first-order chi connectivity index (χ1) is 10.8. The molecular weight excluding hydrogens is 438 g/mol. The lowest BCUT2D eigenvalue weighted by molar-refractivity contribution is -0.272. The maximum Gasteiger partial charge on any atom is 0.424 e. The zero-order chi connectivity index (χ0) is 17.1. The summed E-state index contributed by atoms with van der Waals surface area (Å²) in [6.07, 6.45) is -0.761. The van der Waals surface area contributed by atoms with Crippen LogP contribution >= 0.6 is 24.0 Å². The quantitative estimate of drug-likeness (QED) is 0.344. The van der Waals surface area contributed by atoms with Crippen molar-refractivity contribution in [3.05, 3.63) is 18.2 Å². The molecule has 3 N–H and O–H groups in total. The molecule has 0 bridgehead atoms. The SMILES string of the molecule is CCNC(=NCCC(O)(c1nccn1C)C(F)(F)F)NC1CC1.I. The van der Waals surface area contributed by atoms with Gasteiger partial charge in [0.1, 0.15) is 5.82 Å². The van der Waals surface area contributed by atoms with Crippen LogP contribution in [0.3, 0.4) is 0 Å². The van der Waals surface area contributed by atoms with Gasteiger partial charge in [-0.2, -0.15) is 13.2 Å². The lowest BCUT2D eigenvalue weighted by Gasteiger charge is -2.29. The van der Waals surface area contributed by atoms with Crippen LogP contribution in [0.1, 0.15) is 32.0 Å². The molecule has 138 valence electrons. The molecule has 0 aromatic carbocycles. The lowest BCUT2D eigenvalue weighted by atomic mass is 9.98. The number of aliphatic hydroxyl groups is 1. The van der Waals surface area contributed by atoms with E-state index in [0.717, 1.165) is 12.8 Å². The summed E-state index contributed by atoms with van der Waals surface area (Å²) in [6.45, 7) is 2.32. The third-order valence-electron chi connectivity index (χ3n) is 3.67. The predicted octanol–water partition coefficient (Wildman–Crippen LogP) is 1.90. The molecule has 1 aromatic rings. The van der Waals surface area contributed by atoms with Gasteiger partial charge in [0.25, 0.3) is 0 Å². The van der Waals surface area contributed by atoms with E-state index in [1.165, 1.54) is 24.0 Å². The van der Waals surface area contributed by atoms with Gasteiger partial charge in [-0.1, -0.05) is 0 Å². The van der Waals surface area contributed by atoms with Crippen molar-refractivity contribution in [3.8, 4) is 0 Å². The zero-order valence-corrected chi connectivity index (χ0v) is 15.9. The van der Waals surface area contributed by atoms with Gasteiger partial charge < -0.3 is 20.3 Å². The summed E-state index contributed by atoms with van der Waals surface area (Å²) < 4.78 is 41.2. The van der Waals surface area contributed by atoms with Crippen molar-refractivity contribution in [2.24, 2.45) is 12.0 Å². The molecule has 1 aromatic heterocycles. The van der Waals surface area contributed by atoms with Crippen molar-refractivity contribution in [2.75, 3.05) is 13.1 Å². The summed E-state index contributed by atoms with van der Waals surface area (Å²) in [5.74, 6) is 0.0414. The van der Waals surface area contributed by atoms with Gasteiger partial charge in [0.2, 0.25) is 5.60 Å². The number of hydrogen-bond acceptors (Lipinski definition) is 3. The maximum atomic E-state index is 13.4. The molecule has 2 rings (SSSR count). The Morgan fingerprint density at radius 1 is 1.46 bits per heavy atom. The van der Waals surface area contributed by atoms with E-state index in [9.17, 15) is 18.3 Å². The second-order valence-corrected chi connectivity index (χ2v) is 5.65. The van der Waals surface area contributed by atoms with Crippen LogP contribution in [0.15, 0.2) is 17.4 Å². The highest BCUT2D eigenvalue weighted by Crippen LogP contribution is 2.40. The molecular formula is C14H23F3IN5O. The summed E-state index contributed by atoms with van der Waals surface area (Å²) in [5.41, 5.74) is -3.02. The number of hydrogen-bond donors (Lipinski definition) is 3. The fraction of sp³-hybridized carbons (Fsp3) is 0.714. The van der Waals surface area contributed by atoms with Crippen LogP contribution in [0.2, 0.25) is 0 Å². The summed E-state index contributed by atoms with van der Waals surface area (Å²) in [7, 11) is 1.42. The normalized spacial score (nSPS) is 17.8. The van der Waals surface area contributed by atoms with Crippen molar-refractivity contribution in [3.63, 3.8) is 0 Å². The van der Waals surface area contributed by atoms with E-state index in [0.29, 0.717) is 18.5 Å². The van der Waals surface area contributed by atoms with Crippen LogP contribution in [-0.2, 0) is 12.6 Å². The molecule has 6 nitrogen and oxygen atoms in total. The number of aryl methyl sites for hydroxylation is 1. The molecule has 1 atom stereocenters. The zero-order valence-electron chi connectivity index (χ0n) is 13.6. The summed E-state index contributed by atoms with van der Waals surface area (Å²) in [6, 6.07) is 0.337. The second-order valence-electron chi connectivity index (χ2n) is 5.65. The average Bonchev–Trinajstić information content (AvgIpc) is 3.16. The number of rotatable bonds is 6. The van der Waals surface area contributed by atoms with Crippen molar-refractivity contribution in [1.29, 1.82) is 0 Å². The van der Waals surface area contributed by atoms with Crippen LogP contribution in [0.4, 0.5) is 13.2 Å². The summed E-state index contributed by atoms with van der Waals surface area (Å²) >= 11 is 0. The molecule has 0 spiro atoms. The molecule has 0 saturated heterocycles. The molecule has 10 heteroatoms. The maximum absolute atomic E-state index is 13.4. The number of guanidine groups is 1. The van der Waals surface area contributed by atoms with Crippen molar-refractivity contribution >= 4 is 29.9 Å². The molecule has 1 heterocycles. The minimum atomic E-state index is -4.83. The Morgan fingerprint density at radius 2 is 2.12 bits per heavy atom. The number of aromatic nitrogens is 2. The Balaban J connectivity index is 0.00000288. The Bertz CT molecular complexity index is 559. The van der Waals surface area contributed by atoms with Crippen LogP contribution in [0, 0.1) is 0 Å². The smallest absolute Gasteiger partial charge is 0.374 e. The molecule has 0 radical (unpaired) electrons. The highest BCUT2D eigenvalue weighted by molar-refractivity contribution is 14.0. The van der Waals surface area contributed by atoms with E-state index in [4.69, 9.17) is 0 Å². The summed E-state index contributed by atoms with van der Waals surface area (Å²) in [4.78, 5) is 7.79. The Hall–Kier alpha value is -1.04. The number of imidazole rings is 1. The first kappa shape index (κ1) is 21.0. The van der Waals surface area contributed by atoms with Gasteiger partial charge in [0.15, 0.2) is 5.96 Å². The fourth-order valence-corrected chi connectivity index (χ4v) is 2.21. The van der Waals surface area contributed by atoms with Gasteiger partial charge in [0, 0.05) is 45.0 Å². The molecule has 1 saturated carbocycles. The third kappa shape index (κ3) is 4.98. The number of alkyl halides is 3. The topological polar surface area (TPSA) is 74.5 Å². The summed E-state index contributed by atoms with van der Waals surface area (Å²) in [5, 5.41) is 16.3. The highest BCUT2D eigenvalue weighted by Gasteiger charge is 2.57. The third-order valence-corrected chi connectivity index (χ3v) is 3.67. The molecule has 0 amide bonds. The largest absolute Gasteiger partial charge is 0.424 e. The van der Waals surface area contributed by atoms with E-state index in [1.54, 1.807) is 0 Å². The van der Waals surface area contributed by atoms with Crippen LogP contribution in [-0.4, -0.2) is 45.9 Å². The number of nitrogens with one attached hydrogen (secondary N) is 2. The highest BCUT2D eigenvalue weighted by atomic mass is 127. The van der Waals surface area contributed by atoms with E-state index in [-0.39, 0.29) is 30.5 Å². The number of nitrogens with zero attached hydrogens (tertiary/aromatic N) is 3. The minimum Gasteiger partial charge on any atom is -0.374 e. The monoisotopic (exact) mass is 461 g/mol. The number of halogens is 4. The Kier molecular flexibility index (Phi) is 7.32. The first-order valence-electron chi connectivity index (χ1n) is 7.59. The van der Waals surface area contributed by atoms with Gasteiger partial charge in [-0.15, -0.1) is 24.0 Å².